The van der Waals surface area contributed by atoms with Crippen LogP contribution < -0.4 is 9.47 Å². The van der Waals surface area contributed by atoms with Crippen molar-refractivity contribution in [2.75, 3.05) is 13.7 Å². The van der Waals surface area contributed by atoms with Crippen molar-refractivity contribution in [3.8, 4) is 17.6 Å². The first-order valence-electron chi connectivity index (χ1n) is 9.87. The minimum atomic E-state index is 0.281. The van der Waals surface area contributed by atoms with E-state index in [4.69, 9.17) is 14.5 Å². The lowest BCUT2D eigenvalue weighted by Crippen LogP contribution is -2.26. The van der Waals surface area contributed by atoms with Crippen molar-refractivity contribution in [1.82, 2.24) is 0 Å². The van der Waals surface area contributed by atoms with Gasteiger partial charge in [0.05, 0.1) is 23.8 Å². The van der Waals surface area contributed by atoms with Crippen LogP contribution in [-0.2, 0) is 12.8 Å². The second-order valence-electron chi connectivity index (χ2n) is 8.33. The molecule has 0 N–H and O–H groups in total. The van der Waals surface area contributed by atoms with Gasteiger partial charge in [0.2, 0.25) is 0 Å². The highest BCUT2D eigenvalue weighted by Gasteiger charge is 2.32. The van der Waals surface area contributed by atoms with Crippen LogP contribution in [0.4, 0.5) is 5.00 Å². The summed E-state index contributed by atoms with van der Waals surface area (Å²) >= 11 is 5.20. The molecule has 0 saturated heterocycles. The fraction of sp³-hybridized carbons (Fsp3) is 0.478. The molecule has 0 amide bonds. The summed E-state index contributed by atoms with van der Waals surface area (Å²) in [4.78, 5) is 6.02. The van der Waals surface area contributed by atoms with Gasteiger partial charge in [-0.3, -0.25) is 0 Å². The maximum atomic E-state index is 9.75. The summed E-state index contributed by atoms with van der Waals surface area (Å²) < 4.78 is 11.9. The maximum Gasteiger partial charge on any atom is 0.174 e. The number of hydrogen-bond acceptors (Lipinski definition) is 5. The fourth-order valence-corrected chi connectivity index (χ4v) is 5.62. The van der Waals surface area contributed by atoms with Gasteiger partial charge in [0, 0.05) is 11.1 Å². The minimum Gasteiger partial charge on any atom is -0.492 e. The van der Waals surface area contributed by atoms with Gasteiger partial charge in [-0.25, -0.2) is 4.99 Å². The zero-order valence-electron chi connectivity index (χ0n) is 17.6. The number of hydrogen-bond donors (Lipinski definition) is 0. The van der Waals surface area contributed by atoms with Crippen molar-refractivity contribution >= 4 is 38.5 Å². The summed E-state index contributed by atoms with van der Waals surface area (Å²) in [6.45, 7) is 9.40. The third-order valence-electron chi connectivity index (χ3n) is 5.45. The molecule has 3 rings (SSSR count). The Kier molecular flexibility index (Phi) is 6.70. The Morgan fingerprint density at radius 1 is 1.38 bits per heavy atom. The first kappa shape index (κ1) is 21.9. The SMILES string of the molecule is CCOc1cc(C=Nc2sc3c(c2C#N)CC[C@H](C(C)(C)C)C3)cc(Br)c1OC. The lowest BCUT2D eigenvalue weighted by atomic mass is 9.72. The van der Waals surface area contributed by atoms with Gasteiger partial charge in [-0.15, -0.1) is 11.3 Å². The number of rotatable bonds is 5. The normalized spacial score (nSPS) is 16.5. The van der Waals surface area contributed by atoms with Gasteiger partial charge in [0.15, 0.2) is 11.5 Å². The van der Waals surface area contributed by atoms with E-state index in [2.05, 4.69) is 42.8 Å². The van der Waals surface area contributed by atoms with E-state index < -0.39 is 0 Å². The van der Waals surface area contributed by atoms with E-state index in [-0.39, 0.29) is 5.41 Å². The van der Waals surface area contributed by atoms with E-state index in [0.29, 0.717) is 24.0 Å². The van der Waals surface area contributed by atoms with Crippen molar-refractivity contribution < 1.29 is 9.47 Å². The summed E-state index contributed by atoms with van der Waals surface area (Å²) in [6, 6.07) is 6.25. The number of methoxy groups -OCH3 is 1. The monoisotopic (exact) mass is 474 g/mol. The molecule has 1 aromatic carbocycles. The Morgan fingerprint density at radius 3 is 2.76 bits per heavy atom. The Hall–Kier alpha value is -1.84. The van der Waals surface area contributed by atoms with E-state index >= 15 is 0 Å². The molecular formula is C23H27BrN2O2S. The number of benzene rings is 1. The topological polar surface area (TPSA) is 54.6 Å². The van der Waals surface area contributed by atoms with Crippen LogP contribution in [0.1, 0.15) is 55.7 Å². The average molecular weight is 475 g/mol. The standard InChI is InChI=1S/C23H27BrN2O2S/c1-6-28-19-10-14(9-18(24)21(19)27-5)13-26-22-17(12-25)16-8-7-15(23(2,3)4)11-20(16)29-22/h9-10,13,15H,6-8,11H2,1-5H3/t15-/m0/s1. The number of fused-ring (bicyclic) bond motifs is 1. The van der Waals surface area contributed by atoms with Crippen LogP contribution in [0.5, 0.6) is 11.5 Å². The molecular weight excluding hydrogens is 448 g/mol. The molecule has 4 nitrogen and oxygen atoms in total. The molecule has 6 heteroatoms. The lowest BCUT2D eigenvalue weighted by molar-refractivity contribution is 0.218. The highest BCUT2D eigenvalue weighted by molar-refractivity contribution is 9.10. The van der Waals surface area contributed by atoms with Gasteiger partial charge in [-0.05, 0) is 76.7 Å². The van der Waals surface area contributed by atoms with E-state index in [1.54, 1.807) is 24.7 Å². The number of thiophene rings is 1. The van der Waals surface area contributed by atoms with Crippen molar-refractivity contribution in [3.63, 3.8) is 0 Å². The third kappa shape index (κ3) is 4.67. The van der Waals surface area contributed by atoms with E-state index in [0.717, 1.165) is 39.9 Å². The van der Waals surface area contributed by atoms with Crippen molar-refractivity contribution in [1.29, 1.82) is 5.26 Å². The lowest BCUT2D eigenvalue weighted by Gasteiger charge is -2.33. The third-order valence-corrected chi connectivity index (χ3v) is 7.20. The van der Waals surface area contributed by atoms with Gasteiger partial charge in [0.25, 0.3) is 0 Å². The number of halogens is 1. The van der Waals surface area contributed by atoms with Crippen LogP contribution in [-0.4, -0.2) is 19.9 Å². The summed E-state index contributed by atoms with van der Waals surface area (Å²) in [5.74, 6) is 1.98. The summed E-state index contributed by atoms with van der Waals surface area (Å²) in [6.07, 6.45) is 4.94. The minimum absolute atomic E-state index is 0.281. The van der Waals surface area contributed by atoms with Crippen LogP contribution in [0.2, 0.25) is 0 Å². The van der Waals surface area contributed by atoms with E-state index in [1.165, 1.54) is 10.4 Å². The van der Waals surface area contributed by atoms with Gasteiger partial charge in [-0.1, -0.05) is 20.8 Å². The Bertz CT molecular complexity index is 967. The molecule has 0 unspecified atom stereocenters. The molecule has 2 aromatic rings. The molecule has 0 saturated carbocycles. The zero-order chi connectivity index (χ0) is 21.2. The Balaban J connectivity index is 1.93. The zero-order valence-corrected chi connectivity index (χ0v) is 20.0. The number of nitrogens with zero attached hydrogens (tertiary/aromatic N) is 2. The predicted molar refractivity (Wildman–Crippen MR) is 123 cm³/mol. The smallest absolute Gasteiger partial charge is 0.174 e. The number of ether oxygens (including phenoxy) is 2. The first-order chi connectivity index (χ1) is 13.8. The largest absolute Gasteiger partial charge is 0.492 e. The van der Waals surface area contributed by atoms with Crippen molar-refractivity contribution in [2.24, 2.45) is 16.3 Å². The van der Waals surface area contributed by atoms with Crippen LogP contribution in [0.15, 0.2) is 21.6 Å². The van der Waals surface area contributed by atoms with Gasteiger partial charge >= 0.3 is 0 Å². The highest BCUT2D eigenvalue weighted by atomic mass is 79.9. The van der Waals surface area contributed by atoms with E-state index in [1.807, 2.05) is 19.1 Å². The Morgan fingerprint density at radius 2 is 2.14 bits per heavy atom. The van der Waals surface area contributed by atoms with Gasteiger partial charge in [0.1, 0.15) is 11.1 Å². The number of nitriles is 1. The molecule has 0 spiro atoms. The first-order valence-corrected chi connectivity index (χ1v) is 11.5. The predicted octanol–water partition coefficient (Wildman–Crippen LogP) is 6.69. The molecule has 0 bridgehead atoms. The van der Waals surface area contributed by atoms with E-state index in [9.17, 15) is 5.26 Å². The molecule has 1 aliphatic rings. The van der Waals surface area contributed by atoms with Crippen LogP contribution >= 0.6 is 27.3 Å². The highest BCUT2D eigenvalue weighted by Crippen LogP contribution is 2.45. The second kappa shape index (κ2) is 8.89. The molecule has 1 aliphatic carbocycles. The quantitative estimate of drug-likeness (QED) is 0.453. The fourth-order valence-electron chi connectivity index (χ4n) is 3.77. The van der Waals surface area contributed by atoms with Crippen LogP contribution in [0.3, 0.4) is 0 Å². The van der Waals surface area contributed by atoms with Crippen molar-refractivity contribution in [3.05, 3.63) is 38.2 Å². The van der Waals surface area contributed by atoms with Gasteiger partial charge in [-0.2, -0.15) is 5.26 Å². The summed E-state index contributed by atoms with van der Waals surface area (Å²) in [5, 5.41) is 10.6. The average Bonchev–Trinajstić information content (AvgIpc) is 3.02. The molecule has 0 fully saturated rings. The summed E-state index contributed by atoms with van der Waals surface area (Å²) in [5.41, 5.74) is 3.12. The van der Waals surface area contributed by atoms with Crippen molar-refractivity contribution in [2.45, 2.75) is 47.0 Å². The molecule has 0 radical (unpaired) electrons. The number of aliphatic imine (C=N–C) groups is 1. The van der Waals surface area contributed by atoms with Crippen LogP contribution in [0.25, 0.3) is 0 Å². The van der Waals surface area contributed by atoms with Crippen LogP contribution in [0, 0.1) is 22.7 Å². The molecule has 0 aliphatic heterocycles. The molecule has 154 valence electrons. The second-order valence-corrected chi connectivity index (χ2v) is 10.3. The maximum absolute atomic E-state index is 9.75. The Labute approximate surface area is 185 Å². The molecule has 1 heterocycles. The molecule has 1 atom stereocenters. The molecule has 1 aromatic heterocycles. The molecule has 29 heavy (non-hydrogen) atoms. The van der Waals surface area contributed by atoms with Gasteiger partial charge < -0.3 is 9.47 Å². The summed E-state index contributed by atoms with van der Waals surface area (Å²) in [7, 11) is 1.62.